The highest BCUT2D eigenvalue weighted by Gasteiger charge is 2.51. The van der Waals surface area contributed by atoms with Gasteiger partial charge in [0, 0.05) is 23.5 Å². The van der Waals surface area contributed by atoms with Gasteiger partial charge in [-0.2, -0.15) is 5.06 Å². The second-order valence-electron chi connectivity index (χ2n) is 8.65. The summed E-state index contributed by atoms with van der Waals surface area (Å²) >= 11 is 0. The molecule has 0 radical (unpaired) electrons. The summed E-state index contributed by atoms with van der Waals surface area (Å²) in [7, 11) is -3.47. The molecule has 0 bridgehead atoms. The van der Waals surface area contributed by atoms with Gasteiger partial charge in [-0.25, -0.2) is 0 Å². The van der Waals surface area contributed by atoms with Crippen LogP contribution in [-0.4, -0.2) is 34.6 Å². The number of aromatic nitrogens is 1. The third kappa shape index (κ3) is 6.65. The van der Waals surface area contributed by atoms with E-state index in [1.165, 1.54) is 0 Å². The lowest BCUT2D eigenvalue weighted by molar-refractivity contribution is -0.264. The predicted octanol–water partition coefficient (Wildman–Crippen LogP) is 5.81. The topological polar surface area (TPSA) is 60.9 Å². The highest BCUT2D eigenvalue weighted by Crippen LogP contribution is 2.61. The van der Waals surface area contributed by atoms with Gasteiger partial charge in [-0.1, -0.05) is 26.8 Å². The first-order valence-electron chi connectivity index (χ1n) is 9.61. The van der Waals surface area contributed by atoms with Gasteiger partial charge in [0.2, 0.25) is 0 Å². The van der Waals surface area contributed by atoms with Crippen LogP contribution in [0.25, 0.3) is 0 Å². The van der Waals surface area contributed by atoms with Gasteiger partial charge in [0.05, 0.1) is 13.2 Å². The molecule has 7 heteroatoms. The van der Waals surface area contributed by atoms with E-state index in [2.05, 4.69) is 4.98 Å². The van der Waals surface area contributed by atoms with Gasteiger partial charge in [0.15, 0.2) is 0 Å². The van der Waals surface area contributed by atoms with Gasteiger partial charge in [0.25, 0.3) is 0 Å². The van der Waals surface area contributed by atoms with E-state index in [4.69, 9.17) is 13.9 Å². The average Bonchev–Trinajstić information content (AvgIpc) is 2.53. The molecular formula is C20H37N2O4P. The van der Waals surface area contributed by atoms with Gasteiger partial charge in [0.1, 0.15) is 11.9 Å². The van der Waals surface area contributed by atoms with Crippen molar-refractivity contribution >= 4 is 7.60 Å². The quantitative estimate of drug-likeness (QED) is 0.385. The largest absolute Gasteiger partial charge is 0.350 e. The van der Waals surface area contributed by atoms with E-state index >= 15 is 0 Å². The van der Waals surface area contributed by atoms with Crippen LogP contribution in [0.15, 0.2) is 24.5 Å². The highest BCUT2D eigenvalue weighted by atomic mass is 31.2. The summed E-state index contributed by atoms with van der Waals surface area (Å²) in [6, 6.07) is 3.85. The Morgan fingerprint density at radius 2 is 1.67 bits per heavy atom. The second kappa shape index (κ2) is 9.62. The van der Waals surface area contributed by atoms with Crippen molar-refractivity contribution in [3.8, 4) is 0 Å². The van der Waals surface area contributed by atoms with E-state index in [1.54, 1.807) is 17.5 Å². The lowest BCUT2D eigenvalue weighted by atomic mass is 9.94. The van der Waals surface area contributed by atoms with Gasteiger partial charge >= 0.3 is 7.60 Å². The van der Waals surface area contributed by atoms with Gasteiger partial charge < -0.3 is 9.05 Å². The van der Waals surface area contributed by atoms with Crippen LogP contribution in [0, 0.1) is 5.41 Å². The molecule has 0 aromatic carbocycles. The van der Waals surface area contributed by atoms with Gasteiger partial charge in [-0.05, 0) is 53.0 Å². The Morgan fingerprint density at radius 1 is 1.11 bits per heavy atom. The van der Waals surface area contributed by atoms with Gasteiger partial charge in [-0.15, -0.1) is 0 Å². The maximum absolute atomic E-state index is 13.8. The lowest BCUT2D eigenvalue weighted by Crippen LogP contribution is -2.53. The van der Waals surface area contributed by atoms with E-state index in [9.17, 15) is 4.57 Å². The molecule has 0 fully saturated rings. The van der Waals surface area contributed by atoms with Crippen LogP contribution < -0.4 is 0 Å². The molecule has 2 atom stereocenters. The van der Waals surface area contributed by atoms with Gasteiger partial charge in [-0.3, -0.25) is 14.4 Å². The van der Waals surface area contributed by atoms with Crippen molar-refractivity contribution in [2.45, 2.75) is 79.7 Å². The normalized spacial score (nSPS) is 15.8. The number of hydroxylamine groups is 2. The minimum absolute atomic E-state index is 0.264. The molecule has 0 saturated heterocycles. The van der Waals surface area contributed by atoms with Crippen molar-refractivity contribution in [2.24, 2.45) is 5.41 Å². The van der Waals surface area contributed by atoms with Crippen molar-refractivity contribution in [1.82, 2.24) is 10.0 Å². The molecule has 0 aliphatic rings. The fraction of sp³-hybridized carbons (Fsp3) is 0.750. The Hall–Kier alpha value is -0.780. The van der Waals surface area contributed by atoms with E-state index in [0.717, 1.165) is 5.56 Å². The Bertz CT molecular complexity index is 601. The van der Waals surface area contributed by atoms with Crippen molar-refractivity contribution in [1.29, 1.82) is 0 Å². The molecule has 6 nitrogen and oxygen atoms in total. The molecule has 1 aromatic heterocycles. The number of hydrogen-bond donors (Lipinski definition) is 0. The fourth-order valence-electron chi connectivity index (χ4n) is 2.92. The van der Waals surface area contributed by atoms with E-state index in [1.807, 2.05) is 74.4 Å². The summed E-state index contributed by atoms with van der Waals surface area (Å²) in [4.78, 5) is 10.6. The molecule has 0 spiro atoms. The zero-order valence-corrected chi connectivity index (χ0v) is 19.2. The van der Waals surface area contributed by atoms with Crippen LogP contribution in [0.2, 0.25) is 0 Å². The first-order chi connectivity index (χ1) is 12.4. The Labute approximate surface area is 165 Å². The molecule has 1 rings (SSSR count). The lowest BCUT2D eigenvalue weighted by Gasteiger charge is -2.48. The fourth-order valence-corrected chi connectivity index (χ4v) is 5.61. The molecule has 0 N–H and O–H groups in total. The SMILES string of the molecule is CCOP(=O)(OCC)C(N(OC(C)c1cccnc1)C(C)(C)C)C(C)(C)C. The summed E-state index contributed by atoms with van der Waals surface area (Å²) < 4.78 is 25.2. The van der Waals surface area contributed by atoms with Crippen molar-refractivity contribution < 1.29 is 18.5 Å². The first kappa shape index (κ1) is 24.3. The molecule has 0 aliphatic heterocycles. The molecule has 2 unspecified atom stereocenters. The average molecular weight is 401 g/mol. The molecule has 0 saturated carbocycles. The summed E-state index contributed by atoms with van der Waals surface area (Å²) in [6.07, 6.45) is 3.25. The minimum atomic E-state index is -3.47. The third-order valence-corrected chi connectivity index (χ3v) is 6.82. The summed E-state index contributed by atoms with van der Waals surface area (Å²) in [5, 5.41) is 1.80. The zero-order valence-electron chi connectivity index (χ0n) is 18.4. The summed E-state index contributed by atoms with van der Waals surface area (Å²) in [5.74, 6) is -0.580. The number of hydrogen-bond acceptors (Lipinski definition) is 6. The second-order valence-corrected chi connectivity index (χ2v) is 10.7. The Balaban J connectivity index is 3.39. The highest BCUT2D eigenvalue weighted by molar-refractivity contribution is 7.54. The Kier molecular flexibility index (Phi) is 8.64. The zero-order chi connectivity index (χ0) is 20.9. The Morgan fingerprint density at radius 3 is 2.04 bits per heavy atom. The van der Waals surface area contributed by atoms with E-state index < -0.39 is 24.3 Å². The third-order valence-electron chi connectivity index (χ3n) is 4.00. The molecule has 0 aliphatic carbocycles. The van der Waals surface area contributed by atoms with Crippen LogP contribution in [0.5, 0.6) is 0 Å². The molecule has 0 amide bonds. The van der Waals surface area contributed by atoms with Crippen LogP contribution >= 0.6 is 7.60 Å². The molecule has 1 aromatic rings. The van der Waals surface area contributed by atoms with Crippen molar-refractivity contribution in [3.63, 3.8) is 0 Å². The first-order valence-corrected chi connectivity index (χ1v) is 11.2. The van der Waals surface area contributed by atoms with Crippen molar-refractivity contribution in [3.05, 3.63) is 30.1 Å². The maximum atomic E-state index is 13.8. The smallest absolute Gasteiger partial charge is 0.308 e. The van der Waals surface area contributed by atoms with Crippen LogP contribution in [0.3, 0.4) is 0 Å². The van der Waals surface area contributed by atoms with Crippen LogP contribution in [0.4, 0.5) is 0 Å². The number of pyridine rings is 1. The van der Waals surface area contributed by atoms with Crippen LogP contribution in [0.1, 0.15) is 74.0 Å². The molecular weight excluding hydrogens is 363 g/mol. The predicted molar refractivity (Wildman–Crippen MR) is 109 cm³/mol. The van der Waals surface area contributed by atoms with E-state index in [-0.39, 0.29) is 6.10 Å². The van der Waals surface area contributed by atoms with Crippen molar-refractivity contribution in [2.75, 3.05) is 13.2 Å². The van der Waals surface area contributed by atoms with E-state index in [0.29, 0.717) is 13.2 Å². The van der Waals surface area contributed by atoms with Crippen LogP contribution in [-0.2, 0) is 18.5 Å². The molecule has 27 heavy (non-hydrogen) atoms. The standard InChI is InChI=1S/C20H37N2O4P/c1-10-24-27(23,25-11-2)18(19(4,5)6)22(20(7,8)9)26-16(3)17-13-12-14-21-15-17/h12-16,18H,10-11H2,1-9H3. The maximum Gasteiger partial charge on any atom is 0.350 e. The number of rotatable bonds is 9. The molecule has 1 heterocycles. The monoisotopic (exact) mass is 400 g/mol. The minimum Gasteiger partial charge on any atom is -0.308 e. The number of nitrogens with zero attached hydrogens (tertiary/aromatic N) is 2. The summed E-state index contributed by atoms with van der Waals surface area (Å²) in [5.41, 5.74) is 0.0992. The summed E-state index contributed by atoms with van der Waals surface area (Å²) in [6.45, 7) is 18.4. The molecule has 156 valence electrons.